The molecule has 0 spiro atoms. The average Bonchev–Trinajstić information content (AvgIpc) is 3.36. The van der Waals surface area contributed by atoms with Gasteiger partial charge in [-0.3, -0.25) is 14.4 Å². The van der Waals surface area contributed by atoms with Crippen molar-refractivity contribution in [3.05, 3.63) is 70.3 Å². The Bertz CT molecular complexity index is 1130. The Balaban J connectivity index is 1.15. The van der Waals surface area contributed by atoms with Crippen LogP contribution in [0.25, 0.3) is 0 Å². The van der Waals surface area contributed by atoms with E-state index in [1.807, 2.05) is 11.8 Å². The summed E-state index contributed by atoms with van der Waals surface area (Å²) in [7, 11) is 0. The maximum atomic E-state index is 12.8. The van der Waals surface area contributed by atoms with Crippen LogP contribution in [-0.2, 0) is 0 Å². The standard InChI is InChI=1S/C24H23N3O4S/c28-21-14-5-1-2-6-15(14)22(29)17-11-13(8-9-16(17)21)23(30)25-10-4-3-7-19-20-18(12-32-19)26-24(31)27-20/h1-2,5-6,8-9,11,18-20H,3-4,7,10,12H2,(H,25,30)(H2,26,27,31)/t18-,19-,20-/m0/s1. The van der Waals surface area contributed by atoms with E-state index in [-0.39, 0.29) is 41.2 Å². The van der Waals surface area contributed by atoms with Crippen LogP contribution in [0, 0.1) is 0 Å². The molecule has 0 bridgehead atoms. The highest BCUT2D eigenvalue weighted by Crippen LogP contribution is 2.33. The van der Waals surface area contributed by atoms with Crippen LogP contribution in [0.4, 0.5) is 4.79 Å². The van der Waals surface area contributed by atoms with E-state index in [2.05, 4.69) is 16.0 Å². The summed E-state index contributed by atoms with van der Waals surface area (Å²) in [5.74, 6) is 0.262. The van der Waals surface area contributed by atoms with Gasteiger partial charge in [-0.05, 0) is 31.0 Å². The predicted molar refractivity (Wildman–Crippen MR) is 121 cm³/mol. The fourth-order valence-corrected chi connectivity index (χ4v) is 6.20. The number of fused-ring (bicyclic) bond motifs is 3. The molecule has 164 valence electrons. The molecule has 32 heavy (non-hydrogen) atoms. The molecule has 2 saturated heterocycles. The number of benzene rings is 2. The minimum Gasteiger partial charge on any atom is -0.352 e. The zero-order chi connectivity index (χ0) is 22.2. The first-order valence-corrected chi connectivity index (χ1v) is 11.9. The lowest BCUT2D eigenvalue weighted by molar-refractivity contribution is 0.0950. The van der Waals surface area contributed by atoms with Crippen LogP contribution in [0.1, 0.15) is 61.5 Å². The minimum atomic E-state index is -0.255. The van der Waals surface area contributed by atoms with Crippen LogP contribution < -0.4 is 16.0 Å². The molecule has 0 unspecified atom stereocenters. The first-order chi connectivity index (χ1) is 15.5. The Morgan fingerprint density at radius 3 is 2.44 bits per heavy atom. The summed E-state index contributed by atoms with van der Waals surface area (Å²) in [5.41, 5.74) is 1.77. The summed E-state index contributed by atoms with van der Waals surface area (Å²) in [6.07, 6.45) is 2.76. The molecule has 7 nitrogen and oxygen atoms in total. The lowest BCUT2D eigenvalue weighted by atomic mass is 9.83. The molecule has 3 N–H and O–H groups in total. The molecule has 0 saturated carbocycles. The van der Waals surface area contributed by atoms with E-state index < -0.39 is 0 Å². The highest BCUT2D eigenvalue weighted by atomic mass is 32.2. The van der Waals surface area contributed by atoms with Crippen molar-refractivity contribution >= 4 is 35.3 Å². The van der Waals surface area contributed by atoms with Gasteiger partial charge in [-0.1, -0.05) is 30.7 Å². The van der Waals surface area contributed by atoms with Gasteiger partial charge in [0, 0.05) is 45.4 Å². The average molecular weight is 450 g/mol. The molecule has 3 aliphatic rings. The van der Waals surface area contributed by atoms with E-state index in [9.17, 15) is 19.2 Å². The lowest BCUT2D eigenvalue weighted by Crippen LogP contribution is -2.36. The smallest absolute Gasteiger partial charge is 0.315 e. The largest absolute Gasteiger partial charge is 0.352 e. The number of carbonyl (C=O) groups excluding carboxylic acids is 4. The molecule has 2 aromatic carbocycles. The molecule has 0 radical (unpaired) electrons. The summed E-state index contributed by atoms with van der Waals surface area (Å²) in [4.78, 5) is 49.6. The molecule has 2 aromatic rings. The topological polar surface area (TPSA) is 104 Å². The van der Waals surface area contributed by atoms with E-state index >= 15 is 0 Å². The summed E-state index contributed by atoms with van der Waals surface area (Å²) in [6, 6.07) is 11.8. The number of carbonyl (C=O) groups is 4. The van der Waals surface area contributed by atoms with Crippen molar-refractivity contribution in [2.45, 2.75) is 36.6 Å². The van der Waals surface area contributed by atoms with Gasteiger partial charge in [0.2, 0.25) is 0 Å². The minimum absolute atomic E-state index is 0.0775. The number of urea groups is 1. The number of rotatable bonds is 6. The molecule has 3 amide bonds. The van der Waals surface area contributed by atoms with Gasteiger partial charge in [0.15, 0.2) is 11.6 Å². The van der Waals surface area contributed by atoms with Crippen molar-refractivity contribution in [1.82, 2.24) is 16.0 Å². The second kappa shape index (κ2) is 8.43. The predicted octanol–water partition coefficient (Wildman–Crippen LogP) is 2.53. The Morgan fingerprint density at radius 2 is 1.66 bits per heavy atom. The maximum Gasteiger partial charge on any atom is 0.315 e. The lowest BCUT2D eigenvalue weighted by Gasteiger charge is -2.18. The van der Waals surface area contributed by atoms with Crippen molar-refractivity contribution in [1.29, 1.82) is 0 Å². The number of amides is 3. The van der Waals surface area contributed by atoms with Crippen molar-refractivity contribution < 1.29 is 19.2 Å². The summed E-state index contributed by atoms with van der Waals surface area (Å²) >= 11 is 1.88. The molecule has 0 aromatic heterocycles. The molecule has 1 aliphatic carbocycles. The van der Waals surface area contributed by atoms with Crippen LogP contribution >= 0.6 is 11.8 Å². The van der Waals surface area contributed by atoms with Gasteiger partial charge < -0.3 is 16.0 Å². The molecule has 2 aliphatic heterocycles. The normalized spacial score (nSPS) is 23.1. The van der Waals surface area contributed by atoms with E-state index in [4.69, 9.17) is 0 Å². The zero-order valence-corrected chi connectivity index (χ0v) is 18.2. The molecular weight excluding hydrogens is 426 g/mol. The van der Waals surface area contributed by atoms with Gasteiger partial charge in [0.1, 0.15) is 0 Å². The Hall–Kier alpha value is -3.13. The van der Waals surface area contributed by atoms with E-state index in [0.717, 1.165) is 25.0 Å². The van der Waals surface area contributed by atoms with Gasteiger partial charge in [-0.15, -0.1) is 0 Å². The number of nitrogens with one attached hydrogen (secondary N) is 3. The molecule has 2 fully saturated rings. The highest BCUT2D eigenvalue weighted by molar-refractivity contribution is 8.00. The van der Waals surface area contributed by atoms with Crippen molar-refractivity contribution in [2.75, 3.05) is 12.3 Å². The van der Waals surface area contributed by atoms with Crippen molar-refractivity contribution in [3.63, 3.8) is 0 Å². The molecule has 3 atom stereocenters. The first-order valence-electron chi connectivity index (χ1n) is 10.8. The molecule has 8 heteroatoms. The van der Waals surface area contributed by atoms with E-state index in [1.165, 1.54) is 6.07 Å². The third-order valence-corrected chi connectivity index (χ3v) is 7.84. The van der Waals surface area contributed by atoms with Crippen LogP contribution in [0.15, 0.2) is 42.5 Å². The Morgan fingerprint density at radius 1 is 0.938 bits per heavy atom. The van der Waals surface area contributed by atoms with Gasteiger partial charge in [0.05, 0.1) is 12.1 Å². The maximum absolute atomic E-state index is 12.8. The van der Waals surface area contributed by atoms with E-state index in [0.29, 0.717) is 34.0 Å². The van der Waals surface area contributed by atoms with Crippen LogP contribution in [0.2, 0.25) is 0 Å². The second-order valence-electron chi connectivity index (χ2n) is 8.34. The highest BCUT2D eigenvalue weighted by Gasteiger charge is 2.42. The zero-order valence-electron chi connectivity index (χ0n) is 17.4. The molecule has 5 rings (SSSR count). The van der Waals surface area contributed by atoms with E-state index in [1.54, 1.807) is 36.4 Å². The van der Waals surface area contributed by atoms with Gasteiger partial charge >= 0.3 is 6.03 Å². The van der Waals surface area contributed by atoms with Crippen LogP contribution in [0.3, 0.4) is 0 Å². The number of thioether (sulfide) groups is 1. The van der Waals surface area contributed by atoms with Crippen molar-refractivity contribution in [3.8, 4) is 0 Å². The fourth-order valence-electron chi connectivity index (χ4n) is 4.66. The SMILES string of the molecule is O=C1N[C@H]2[C@H](CS[C@H]2CCCCNC(=O)c2ccc3c(c2)C(=O)c2ccccc2C3=O)N1. The monoisotopic (exact) mass is 449 g/mol. The summed E-state index contributed by atoms with van der Waals surface area (Å²) < 4.78 is 0. The molecular formula is C24H23N3O4S. The van der Waals surface area contributed by atoms with Crippen LogP contribution in [0.5, 0.6) is 0 Å². The third-order valence-electron chi connectivity index (χ3n) is 6.33. The van der Waals surface area contributed by atoms with Gasteiger partial charge in [-0.2, -0.15) is 11.8 Å². The van der Waals surface area contributed by atoms with Crippen molar-refractivity contribution in [2.24, 2.45) is 0 Å². The van der Waals surface area contributed by atoms with Crippen LogP contribution in [-0.4, -0.2) is 53.1 Å². The quantitative estimate of drug-likeness (QED) is 0.396. The van der Waals surface area contributed by atoms with Gasteiger partial charge in [-0.25, -0.2) is 4.79 Å². The van der Waals surface area contributed by atoms with Gasteiger partial charge in [0.25, 0.3) is 5.91 Å². The number of hydrogen-bond donors (Lipinski definition) is 3. The number of hydrogen-bond acceptors (Lipinski definition) is 5. The first kappa shape index (κ1) is 20.8. The second-order valence-corrected chi connectivity index (χ2v) is 9.61. The number of ketones is 2. The Labute approximate surface area is 189 Å². The fraction of sp³-hybridized carbons (Fsp3) is 0.333. The number of unbranched alkanes of at least 4 members (excludes halogenated alkanes) is 1. The Kier molecular flexibility index (Phi) is 5.46. The summed E-state index contributed by atoms with van der Waals surface area (Å²) in [6.45, 7) is 0.529. The molecule has 2 heterocycles. The third kappa shape index (κ3) is 3.68. The summed E-state index contributed by atoms with van der Waals surface area (Å²) in [5, 5.41) is 9.24.